The van der Waals surface area contributed by atoms with Crippen molar-refractivity contribution in [2.24, 2.45) is 0 Å². The van der Waals surface area contributed by atoms with Gasteiger partial charge in [0.05, 0.1) is 17.2 Å². The summed E-state index contributed by atoms with van der Waals surface area (Å²) in [5, 5.41) is 12.5. The maximum absolute atomic E-state index is 12.2. The molecule has 2 aromatic rings. The van der Waals surface area contributed by atoms with E-state index in [1.807, 2.05) is 6.07 Å². The van der Waals surface area contributed by atoms with Gasteiger partial charge in [-0.15, -0.1) is 0 Å². The van der Waals surface area contributed by atoms with Gasteiger partial charge in [0.2, 0.25) is 0 Å². The van der Waals surface area contributed by atoms with Crippen LogP contribution in [-0.4, -0.2) is 13.0 Å². The highest BCUT2D eigenvalue weighted by Crippen LogP contribution is 2.27. The van der Waals surface area contributed by atoms with Crippen molar-refractivity contribution in [3.8, 4) is 11.8 Å². The molecule has 0 saturated carbocycles. The Labute approximate surface area is 143 Å². The molecule has 0 atom stereocenters. The second kappa shape index (κ2) is 7.68. The number of nitriles is 1. The second-order valence-electron chi connectivity index (χ2n) is 4.50. The molecule has 0 aliphatic rings. The summed E-state index contributed by atoms with van der Waals surface area (Å²) in [4.78, 5) is 12.2. The molecule has 0 bridgehead atoms. The molecule has 4 nitrogen and oxygen atoms in total. The van der Waals surface area contributed by atoms with Crippen LogP contribution < -0.4 is 10.1 Å². The predicted octanol–water partition coefficient (Wildman–Crippen LogP) is 4.55. The van der Waals surface area contributed by atoms with Crippen LogP contribution in [0.1, 0.15) is 5.56 Å². The molecule has 1 amide bonds. The predicted molar refractivity (Wildman–Crippen MR) is 91.7 cm³/mol. The van der Waals surface area contributed by atoms with Gasteiger partial charge in [-0.3, -0.25) is 4.79 Å². The second-order valence-corrected chi connectivity index (χ2v) is 5.28. The quantitative estimate of drug-likeness (QED) is 0.652. The van der Waals surface area contributed by atoms with E-state index in [9.17, 15) is 10.1 Å². The number of amides is 1. The van der Waals surface area contributed by atoms with E-state index in [1.165, 1.54) is 13.2 Å². The van der Waals surface area contributed by atoms with Crippen molar-refractivity contribution < 1.29 is 9.53 Å². The first-order chi connectivity index (χ1) is 11.0. The maximum atomic E-state index is 12.2. The number of nitrogens with zero attached hydrogens (tertiary/aromatic N) is 1. The lowest BCUT2D eigenvalue weighted by Gasteiger charge is -2.07. The average Bonchev–Trinajstić information content (AvgIpc) is 2.56. The van der Waals surface area contributed by atoms with Gasteiger partial charge in [-0.2, -0.15) is 5.26 Å². The van der Waals surface area contributed by atoms with E-state index in [2.05, 4.69) is 5.32 Å². The van der Waals surface area contributed by atoms with Crippen LogP contribution in [0.25, 0.3) is 6.08 Å². The summed E-state index contributed by atoms with van der Waals surface area (Å²) in [5.41, 5.74) is 0.932. The van der Waals surface area contributed by atoms with Crippen molar-refractivity contribution in [1.29, 1.82) is 5.26 Å². The lowest BCUT2D eigenvalue weighted by atomic mass is 10.1. The summed E-state index contributed by atoms with van der Waals surface area (Å²) in [5.74, 6) is 0.0555. The number of ether oxygens (including phenoxy) is 1. The van der Waals surface area contributed by atoms with E-state index in [0.717, 1.165) is 0 Å². The number of benzene rings is 2. The van der Waals surface area contributed by atoms with Gasteiger partial charge in [0.1, 0.15) is 17.4 Å². The highest BCUT2D eigenvalue weighted by molar-refractivity contribution is 6.43. The van der Waals surface area contributed by atoms with Crippen LogP contribution in [0.5, 0.6) is 5.75 Å². The Kier molecular flexibility index (Phi) is 5.64. The Morgan fingerprint density at radius 2 is 2.00 bits per heavy atom. The first-order valence-electron chi connectivity index (χ1n) is 6.56. The fraction of sp³-hybridized carbons (Fsp3) is 0.0588. The van der Waals surface area contributed by atoms with Crippen molar-refractivity contribution in [3.05, 3.63) is 63.6 Å². The van der Waals surface area contributed by atoms with Gasteiger partial charge in [0, 0.05) is 11.8 Å². The van der Waals surface area contributed by atoms with Crippen molar-refractivity contribution in [3.63, 3.8) is 0 Å². The Morgan fingerprint density at radius 3 is 2.70 bits per heavy atom. The lowest BCUT2D eigenvalue weighted by Crippen LogP contribution is -2.13. The topological polar surface area (TPSA) is 62.1 Å². The summed E-state index contributed by atoms with van der Waals surface area (Å²) in [6.45, 7) is 0. The van der Waals surface area contributed by atoms with E-state index in [4.69, 9.17) is 27.9 Å². The maximum Gasteiger partial charge on any atom is 0.266 e. The van der Waals surface area contributed by atoms with Gasteiger partial charge in [0.25, 0.3) is 5.91 Å². The fourth-order valence-electron chi connectivity index (χ4n) is 1.84. The first-order valence-corrected chi connectivity index (χ1v) is 7.32. The summed E-state index contributed by atoms with van der Waals surface area (Å²) >= 11 is 12.0. The number of methoxy groups -OCH3 is 1. The molecule has 0 aliphatic carbocycles. The van der Waals surface area contributed by atoms with E-state index >= 15 is 0 Å². The van der Waals surface area contributed by atoms with Crippen LogP contribution in [0, 0.1) is 11.3 Å². The zero-order chi connectivity index (χ0) is 16.8. The molecular formula is C17H12Cl2N2O2. The van der Waals surface area contributed by atoms with Gasteiger partial charge < -0.3 is 10.1 Å². The first kappa shape index (κ1) is 16.9. The molecular weight excluding hydrogens is 335 g/mol. The summed E-state index contributed by atoms with van der Waals surface area (Å²) < 4.78 is 5.08. The SMILES string of the molecule is COc1cccc(NC(=O)/C(C#N)=C/c2cccc(Cl)c2Cl)c1. The van der Waals surface area contributed by atoms with Crippen LogP contribution in [0.4, 0.5) is 5.69 Å². The van der Waals surface area contributed by atoms with E-state index < -0.39 is 5.91 Å². The minimum atomic E-state index is -0.545. The molecule has 0 spiro atoms. The summed E-state index contributed by atoms with van der Waals surface area (Å²) in [6.07, 6.45) is 1.39. The number of carbonyl (C=O) groups excluding carboxylic acids is 1. The Bertz CT molecular complexity index is 810. The Morgan fingerprint density at radius 1 is 1.26 bits per heavy atom. The van der Waals surface area contributed by atoms with Crippen LogP contribution in [0.15, 0.2) is 48.0 Å². The summed E-state index contributed by atoms with van der Waals surface area (Å²) in [6, 6.07) is 13.7. The molecule has 1 N–H and O–H groups in total. The molecule has 23 heavy (non-hydrogen) atoms. The van der Waals surface area contributed by atoms with Crippen molar-refractivity contribution >= 4 is 40.9 Å². The Hall–Kier alpha value is -2.48. The number of rotatable bonds is 4. The largest absolute Gasteiger partial charge is 0.497 e. The third-order valence-corrected chi connectivity index (χ3v) is 3.81. The zero-order valence-corrected chi connectivity index (χ0v) is 13.7. The minimum absolute atomic E-state index is 0.0861. The highest BCUT2D eigenvalue weighted by atomic mass is 35.5. The highest BCUT2D eigenvalue weighted by Gasteiger charge is 2.11. The van der Waals surface area contributed by atoms with E-state index in [1.54, 1.807) is 42.5 Å². The average molecular weight is 347 g/mol. The third kappa shape index (κ3) is 4.26. The molecule has 6 heteroatoms. The molecule has 0 aliphatic heterocycles. The number of carbonyl (C=O) groups is 1. The molecule has 2 aromatic carbocycles. The molecule has 0 unspecified atom stereocenters. The van der Waals surface area contributed by atoms with Gasteiger partial charge in [0.15, 0.2) is 0 Å². The minimum Gasteiger partial charge on any atom is -0.497 e. The number of halogens is 2. The van der Waals surface area contributed by atoms with E-state index in [-0.39, 0.29) is 10.6 Å². The zero-order valence-electron chi connectivity index (χ0n) is 12.1. The monoisotopic (exact) mass is 346 g/mol. The molecule has 0 radical (unpaired) electrons. The molecule has 0 heterocycles. The van der Waals surface area contributed by atoms with Crippen LogP contribution in [0.2, 0.25) is 10.0 Å². The van der Waals surface area contributed by atoms with Crippen LogP contribution in [-0.2, 0) is 4.79 Å². The summed E-state index contributed by atoms with van der Waals surface area (Å²) in [7, 11) is 1.53. The number of anilines is 1. The number of hydrogen-bond acceptors (Lipinski definition) is 3. The van der Waals surface area contributed by atoms with Crippen LogP contribution in [0.3, 0.4) is 0 Å². The van der Waals surface area contributed by atoms with Gasteiger partial charge in [-0.25, -0.2) is 0 Å². The molecule has 0 aromatic heterocycles. The lowest BCUT2D eigenvalue weighted by molar-refractivity contribution is -0.112. The number of hydrogen-bond donors (Lipinski definition) is 1. The van der Waals surface area contributed by atoms with Crippen LogP contribution >= 0.6 is 23.2 Å². The molecule has 2 rings (SSSR count). The molecule has 116 valence electrons. The number of nitrogens with one attached hydrogen (secondary N) is 1. The van der Waals surface area contributed by atoms with Gasteiger partial charge >= 0.3 is 0 Å². The molecule has 0 saturated heterocycles. The van der Waals surface area contributed by atoms with Crippen molar-refractivity contribution in [2.45, 2.75) is 0 Å². The van der Waals surface area contributed by atoms with Crippen molar-refractivity contribution in [2.75, 3.05) is 12.4 Å². The smallest absolute Gasteiger partial charge is 0.266 e. The van der Waals surface area contributed by atoms with Gasteiger partial charge in [-0.05, 0) is 29.8 Å². The normalized spacial score (nSPS) is 10.8. The molecule has 0 fully saturated rings. The van der Waals surface area contributed by atoms with E-state index in [0.29, 0.717) is 22.0 Å². The van der Waals surface area contributed by atoms with Gasteiger partial charge in [-0.1, -0.05) is 41.4 Å². The fourth-order valence-corrected chi connectivity index (χ4v) is 2.20. The van der Waals surface area contributed by atoms with Crippen molar-refractivity contribution in [1.82, 2.24) is 0 Å². The Balaban J connectivity index is 2.26. The standard InChI is InChI=1S/C17H12Cl2N2O2/c1-23-14-6-3-5-13(9-14)21-17(22)12(10-20)8-11-4-2-7-15(18)16(11)19/h2-9H,1H3,(H,21,22)/b12-8+. The third-order valence-electron chi connectivity index (χ3n) is 2.97.